The van der Waals surface area contributed by atoms with Gasteiger partial charge in [-0.05, 0) is 24.1 Å². The number of benzene rings is 1. The van der Waals surface area contributed by atoms with Crippen LogP contribution in [0.3, 0.4) is 0 Å². The molecule has 0 aromatic heterocycles. The minimum absolute atomic E-state index is 0.680. The molecule has 1 N–H and O–H groups in total. The average Bonchev–Trinajstić information content (AvgIpc) is 2.22. The summed E-state index contributed by atoms with van der Waals surface area (Å²) in [4.78, 5) is 4.46. The normalized spacial score (nSPS) is 20.9. The minimum atomic E-state index is 0.680. The molecule has 1 aliphatic heterocycles. The first kappa shape index (κ1) is 10.8. The summed E-state index contributed by atoms with van der Waals surface area (Å²) in [5.41, 5.74) is 1.00. The monoisotopic (exact) mass is 240 g/mol. The summed E-state index contributed by atoms with van der Waals surface area (Å²) in [5.74, 6) is 1.81. The molecule has 80 valence electrons. The molecular weight excluding hydrogens is 228 g/mol. The summed E-state index contributed by atoms with van der Waals surface area (Å²) < 4.78 is 0. The standard InChI is InChI=1S/C11H13ClN2S/c1-8-6-13-11(15-7-8)14-10-4-2-3-9(12)5-10/h2-5,8H,6-7H2,1H3,(H,13,14). The lowest BCUT2D eigenvalue weighted by molar-refractivity contribution is 0.674. The quantitative estimate of drug-likeness (QED) is 0.813. The first-order chi connectivity index (χ1) is 7.24. The van der Waals surface area contributed by atoms with Gasteiger partial charge in [0.1, 0.15) is 0 Å². The first-order valence-corrected chi connectivity index (χ1v) is 6.30. The van der Waals surface area contributed by atoms with Crippen LogP contribution < -0.4 is 5.32 Å². The zero-order valence-corrected chi connectivity index (χ0v) is 10.1. The molecule has 15 heavy (non-hydrogen) atoms. The summed E-state index contributed by atoms with van der Waals surface area (Å²) in [5, 5.41) is 5.01. The van der Waals surface area contributed by atoms with Crippen molar-refractivity contribution in [2.75, 3.05) is 17.6 Å². The number of hydrogen-bond acceptors (Lipinski definition) is 3. The maximum Gasteiger partial charge on any atom is 0.161 e. The van der Waals surface area contributed by atoms with Crippen LogP contribution in [0, 0.1) is 5.92 Å². The van der Waals surface area contributed by atoms with E-state index in [0.717, 1.165) is 28.2 Å². The fourth-order valence-corrected chi connectivity index (χ4v) is 2.42. The van der Waals surface area contributed by atoms with Gasteiger partial charge in [0, 0.05) is 23.0 Å². The molecule has 0 spiro atoms. The SMILES string of the molecule is CC1CN=C(Nc2cccc(Cl)c2)SC1. The lowest BCUT2D eigenvalue weighted by Crippen LogP contribution is -2.18. The van der Waals surface area contributed by atoms with Gasteiger partial charge in [0.25, 0.3) is 0 Å². The first-order valence-electron chi connectivity index (χ1n) is 4.94. The molecule has 0 bridgehead atoms. The van der Waals surface area contributed by atoms with Crippen molar-refractivity contribution in [1.29, 1.82) is 0 Å². The highest BCUT2D eigenvalue weighted by molar-refractivity contribution is 8.14. The summed E-state index contributed by atoms with van der Waals surface area (Å²) in [6, 6.07) is 7.70. The Morgan fingerprint density at radius 3 is 3.07 bits per heavy atom. The van der Waals surface area contributed by atoms with Crippen LogP contribution in [-0.4, -0.2) is 17.5 Å². The number of aliphatic imine (C=N–C) groups is 1. The molecule has 0 fully saturated rings. The molecule has 1 atom stereocenters. The lowest BCUT2D eigenvalue weighted by atomic mass is 10.2. The zero-order valence-electron chi connectivity index (χ0n) is 8.53. The van der Waals surface area contributed by atoms with Crippen molar-refractivity contribution in [1.82, 2.24) is 0 Å². The van der Waals surface area contributed by atoms with Crippen molar-refractivity contribution in [3.63, 3.8) is 0 Å². The van der Waals surface area contributed by atoms with Gasteiger partial charge in [-0.1, -0.05) is 36.4 Å². The van der Waals surface area contributed by atoms with Gasteiger partial charge in [-0.15, -0.1) is 0 Å². The topological polar surface area (TPSA) is 24.4 Å². The Balaban J connectivity index is 2.03. The Morgan fingerprint density at radius 2 is 2.40 bits per heavy atom. The van der Waals surface area contributed by atoms with Crippen LogP contribution >= 0.6 is 23.4 Å². The predicted molar refractivity (Wildman–Crippen MR) is 69.0 cm³/mol. The van der Waals surface area contributed by atoms with Crippen LogP contribution in [0.5, 0.6) is 0 Å². The fraction of sp³-hybridized carbons (Fsp3) is 0.364. The molecule has 1 heterocycles. The molecule has 0 aliphatic carbocycles. The van der Waals surface area contributed by atoms with E-state index in [2.05, 4.69) is 17.2 Å². The van der Waals surface area contributed by atoms with Crippen LogP contribution in [0.2, 0.25) is 5.02 Å². The highest BCUT2D eigenvalue weighted by atomic mass is 35.5. The molecule has 1 aromatic carbocycles. The van der Waals surface area contributed by atoms with E-state index in [4.69, 9.17) is 11.6 Å². The second-order valence-corrected chi connectivity index (χ2v) is 5.14. The van der Waals surface area contributed by atoms with Gasteiger partial charge in [0.2, 0.25) is 0 Å². The van der Waals surface area contributed by atoms with Crippen molar-refractivity contribution < 1.29 is 0 Å². The van der Waals surface area contributed by atoms with Crippen molar-refractivity contribution in [2.45, 2.75) is 6.92 Å². The Hall–Kier alpha value is -0.670. The third-order valence-electron chi connectivity index (χ3n) is 2.13. The molecule has 2 nitrogen and oxygen atoms in total. The van der Waals surface area contributed by atoms with E-state index in [9.17, 15) is 0 Å². The van der Waals surface area contributed by atoms with E-state index >= 15 is 0 Å². The fourth-order valence-electron chi connectivity index (χ4n) is 1.32. The molecule has 4 heteroatoms. The Labute approximate surface area is 99.1 Å². The number of thioether (sulfide) groups is 1. The largest absolute Gasteiger partial charge is 0.335 e. The second kappa shape index (κ2) is 4.90. The molecule has 1 unspecified atom stereocenters. The van der Waals surface area contributed by atoms with Gasteiger partial charge in [0.15, 0.2) is 5.17 Å². The van der Waals surface area contributed by atoms with E-state index in [-0.39, 0.29) is 0 Å². The highest BCUT2D eigenvalue weighted by Crippen LogP contribution is 2.21. The number of amidine groups is 1. The molecule has 1 aliphatic rings. The summed E-state index contributed by atoms with van der Waals surface area (Å²) in [6.45, 7) is 3.13. The summed E-state index contributed by atoms with van der Waals surface area (Å²) in [6.07, 6.45) is 0. The maximum absolute atomic E-state index is 5.90. The van der Waals surface area contributed by atoms with Gasteiger partial charge in [0.05, 0.1) is 0 Å². The number of rotatable bonds is 1. The number of nitrogens with one attached hydrogen (secondary N) is 1. The van der Waals surface area contributed by atoms with Gasteiger partial charge in [-0.2, -0.15) is 0 Å². The molecule has 1 aromatic rings. The van der Waals surface area contributed by atoms with Crippen LogP contribution in [0.1, 0.15) is 6.92 Å². The second-order valence-electron chi connectivity index (χ2n) is 3.70. The third kappa shape index (κ3) is 3.14. The number of nitrogens with zero attached hydrogens (tertiary/aromatic N) is 1. The van der Waals surface area contributed by atoms with E-state index in [1.54, 1.807) is 11.8 Å². The van der Waals surface area contributed by atoms with Gasteiger partial charge in [-0.25, -0.2) is 0 Å². The van der Waals surface area contributed by atoms with Crippen molar-refractivity contribution in [3.05, 3.63) is 29.3 Å². The molecular formula is C11H13ClN2S. The number of hydrogen-bond donors (Lipinski definition) is 1. The Kier molecular flexibility index (Phi) is 3.54. The third-order valence-corrected chi connectivity index (χ3v) is 3.60. The highest BCUT2D eigenvalue weighted by Gasteiger charge is 2.11. The average molecular weight is 241 g/mol. The van der Waals surface area contributed by atoms with Crippen LogP contribution in [-0.2, 0) is 0 Å². The Morgan fingerprint density at radius 1 is 1.53 bits per heavy atom. The van der Waals surface area contributed by atoms with Gasteiger partial charge >= 0.3 is 0 Å². The van der Waals surface area contributed by atoms with Crippen molar-refractivity contribution >= 4 is 34.2 Å². The molecule has 2 rings (SSSR count). The van der Waals surface area contributed by atoms with E-state index < -0.39 is 0 Å². The van der Waals surface area contributed by atoms with E-state index in [1.165, 1.54) is 0 Å². The number of halogens is 1. The summed E-state index contributed by atoms with van der Waals surface area (Å²) >= 11 is 7.67. The van der Waals surface area contributed by atoms with Crippen LogP contribution in [0.25, 0.3) is 0 Å². The van der Waals surface area contributed by atoms with E-state index in [1.807, 2.05) is 24.3 Å². The zero-order chi connectivity index (χ0) is 10.7. The van der Waals surface area contributed by atoms with Crippen molar-refractivity contribution in [3.8, 4) is 0 Å². The van der Waals surface area contributed by atoms with Crippen molar-refractivity contribution in [2.24, 2.45) is 10.9 Å². The Bertz CT molecular complexity index is 379. The number of anilines is 1. The molecule has 0 radical (unpaired) electrons. The molecule has 0 saturated carbocycles. The minimum Gasteiger partial charge on any atom is -0.335 e. The maximum atomic E-state index is 5.90. The smallest absolute Gasteiger partial charge is 0.161 e. The van der Waals surface area contributed by atoms with Gasteiger partial charge in [-0.3, -0.25) is 4.99 Å². The predicted octanol–water partition coefficient (Wildman–Crippen LogP) is 3.49. The van der Waals surface area contributed by atoms with Crippen LogP contribution in [0.15, 0.2) is 29.3 Å². The van der Waals surface area contributed by atoms with Crippen LogP contribution in [0.4, 0.5) is 5.69 Å². The molecule has 0 amide bonds. The molecule has 0 saturated heterocycles. The van der Waals surface area contributed by atoms with Gasteiger partial charge < -0.3 is 5.32 Å². The lowest BCUT2D eigenvalue weighted by Gasteiger charge is -2.17. The van der Waals surface area contributed by atoms with E-state index in [0.29, 0.717) is 5.92 Å². The summed E-state index contributed by atoms with van der Waals surface area (Å²) in [7, 11) is 0.